The molecule has 1 unspecified atom stereocenters. The largest absolute Gasteiger partial charge is 0.481 e. The lowest BCUT2D eigenvalue weighted by molar-refractivity contribution is 0.395. The molecule has 0 aliphatic carbocycles. The average molecular weight is 257 g/mol. The Morgan fingerprint density at radius 2 is 1.79 bits per heavy atom. The third-order valence-electron chi connectivity index (χ3n) is 3.01. The Morgan fingerprint density at radius 1 is 1.11 bits per heavy atom. The van der Waals surface area contributed by atoms with Crippen LogP contribution < -0.4 is 10.5 Å². The van der Waals surface area contributed by atoms with Crippen molar-refractivity contribution in [1.82, 2.24) is 9.97 Å². The van der Waals surface area contributed by atoms with Crippen LogP contribution in [0.3, 0.4) is 0 Å². The van der Waals surface area contributed by atoms with Crippen LogP contribution in [0.2, 0.25) is 0 Å². The maximum Gasteiger partial charge on any atom is 0.216 e. The van der Waals surface area contributed by atoms with E-state index in [-0.39, 0.29) is 6.04 Å². The van der Waals surface area contributed by atoms with Gasteiger partial charge < -0.3 is 10.5 Å². The molecule has 1 atom stereocenters. The molecular weight excluding hydrogens is 238 g/mol. The van der Waals surface area contributed by atoms with E-state index in [9.17, 15) is 0 Å². The van der Waals surface area contributed by atoms with Crippen LogP contribution in [0.4, 0.5) is 0 Å². The Labute approximate surface area is 113 Å². The van der Waals surface area contributed by atoms with Crippen LogP contribution in [0.15, 0.2) is 30.6 Å². The standard InChI is InChI=1S/C15H19N3O/c1-10-4-11(2)6-12(5-10)14(16)7-13-8-15(19-3)18-9-17-13/h4-6,8-9,14H,7,16H2,1-3H3. The van der Waals surface area contributed by atoms with Crippen molar-refractivity contribution >= 4 is 0 Å². The third kappa shape index (κ3) is 3.51. The van der Waals surface area contributed by atoms with Crippen molar-refractivity contribution in [3.63, 3.8) is 0 Å². The molecule has 2 N–H and O–H groups in total. The highest BCUT2D eigenvalue weighted by Gasteiger charge is 2.10. The van der Waals surface area contributed by atoms with Crippen molar-refractivity contribution in [3.05, 3.63) is 53.0 Å². The lowest BCUT2D eigenvalue weighted by Crippen LogP contribution is -2.14. The third-order valence-corrected chi connectivity index (χ3v) is 3.01. The number of hydrogen-bond acceptors (Lipinski definition) is 4. The topological polar surface area (TPSA) is 61.0 Å². The summed E-state index contributed by atoms with van der Waals surface area (Å²) in [4.78, 5) is 8.22. The highest BCUT2D eigenvalue weighted by molar-refractivity contribution is 5.31. The lowest BCUT2D eigenvalue weighted by atomic mass is 9.98. The first-order valence-corrected chi connectivity index (χ1v) is 6.27. The van der Waals surface area contributed by atoms with E-state index in [2.05, 4.69) is 42.0 Å². The van der Waals surface area contributed by atoms with Gasteiger partial charge in [0.15, 0.2) is 0 Å². The minimum atomic E-state index is -0.0711. The molecule has 1 aromatic heterocycles. The molecule has 0 aliphatic heterocycles. The molecule has 0 saturated heterocycles. The van der Waals surface area contributed by atoms with E-state index in [1.807, 2.05) is 6.07 Å². The molecule has 4 heteroatoms. The second-order valence-electron chi connectivity index (χ2n) is 4.78. The van der Waals surface area contributed by atoms with E-state index in [1.165, 1.54) is 17.5 Å². The lowest BCUT2D eigenvalue weighted by Gasteiger charge is -2.13. The number of nitrogens with two attached hydrogens (primary N) is 1. The zero-order valence-corrected chi connectivity index (χ0v) is 11.6. The van der Waals surface area contributed by atoms with Crippen LogP contribution >= 0.6 is 0 Å². The van der Waals surface area contributed by atoms with Gasteiger partial charge in [-0.25, -0.2) is 9.97 Å². The summed E-state index contributed by atoms with van der Waals surface area (Å²) in [7, 11) is 1.59. The number of ether oxygens (including phenoxy) is 1. The molecule has 0 bridgehead atoms. The van der Waals surface area contributed by atoms with Crippen molar-refractivity contribution in [2.45, 2.75) is 26.3 Å². The maximum absolute atomic E-state index is 6.26. The fourth-order valence-electron chi connectivity index (χ4n) is 2.17. The molecular formula is C15H19N3O. The number of nitrogens with zero attached hydrogens (tertiary/aromatic N) is 2. The Kier molecular flexibility index (Phi) is 4.12. The summed E-state index contributed by atoms with van der Waals surface area (Å²) >= 11 is 0. The zero-order valence-electron chi connectivity index (χ0n) is 11.6. The normalized spacial score (nSPS) is 12.2. The van der Waals surface area contributed by atoms with Crippen LogP contribution in [0.1, 0.15) is 28.4 Å². The summed E-state index contributed by atoms with van der Waals surface area (Å²) in [6, 6.07) is 8.14. The predicted octanol–water partition coefficient (Wildman–Crippen LogP) is 2.34. The second kappa shape index (κ2) is 5.80. The summed E-state index contributed by atoms with van der Waals surface area (Å²) in [5, 5.41) is 0. The van der Waals surface area contributed by atoms with Gasteiger partial charge in [-0.15, -0.1) is 0 Å². The van der Waals surface area contributed by atoms with E-state index in [0.29, 0.717) is 12.3 Å². The Bertz CT molecular complexity index is 549. The molecule has 100 valence electrons. The second-order valence-corrected chi connectivity index (χ2v) is 4.78. The quantitative estimate of drug-likeness (QED) is 0.913. The zero-order chi connectivity index (χ0) is 13.8. The Hall–Kier alpha value is -1.94. The summed E-state index contributed by atoms with van der Waals surface area (Å²) in [5.74, 6) is 0.567. The van der Waals surface area contributed by atoms with Gasteiger partial charge in [-0.05, 0) is 19.4 Å². The highest BCUT2D eigenvalue weighted by atomic mass is 16.5. The molecule has 0 saturated carbocycles. The summed E-state index contributed by atoms with van der Waals surface area (Å²) in [5.41, 5.74) is 10.7. The summed E-state index contributed by atoms with van der Waals surface area (Å²) < 4.78 is 5.09. The smallest absolute Gasteiger partial charge is 0.216 e. The first-order valence-electron chi connectivity index (χ1n) is 6.27. The first-order chi connectivity index (χ1) is 9.08. The van der Waals surface area contributed by atoms with Crippen LogP contribution in [-0.2, 0) is 6.42 Å². The number of aryl methyl sites for hydroxylation is 2. The molecule has 0 amide bonds. The molecule has 2 aromatic rings. The van der Waals surface area contributed by atoms with E-state index in [0.717, 1.165) is 11.3 Å². The molecule has 1 aromatic carbocycles. The van der Waals surface area contributed by atoms with Gasteiger partial charge in [0.1, 0.15) is 6.33 Å². The fraction of sp³-hybridized carbons (Fsp3) is 0.333. The van der Waals surface area contributed by atoms with Gasteiger partial charge in [-0.2, -0.15) is 0 Å². The number of benzene rings is 1. The Balaban J connectivity index is 2.17. The van der Waals surface area contributed by atoms with Crippen molar-refractivity contribution in [2.75, 3.05) is 7.11 Å². The molecule has 0 spiro atoms. The number of rotatable bonds is 4. The van der Waals surface area contributed by atoms with Gasteiger partial charge in [-0.3, -0.25) is 0 Å². The molecule has 0 aliphatic rings. The van der Waals surface area contributed by atoms with Crippen LogP contribution in [0, 0.1) is 13.8 Å². The van der Waals surface area contributed by atoms with Crippen LogP contribution in [0.25, 0.3) is 0 Å². The van der Waals surface area contributed by atoms with Crippen molar-refractivity contribution in [3.8, 4) is 5.88 Å². The summed E-state index contributed by atoms with van der Waals surface area (Å²) in [6.45, 7) is 4.16. The molecule has 4 nitrogen and oxygen atoms in total. The molecule has 0 fully saturated rings. The van der Waals surface area contributed by atoms with Crippen LogP contribution in [0.5, 0.6) is 5.88 Å². The number of hydrogen-bond donors (Lipinski definition) is 1. The van der Waals surface area contributed by atoms with Gasteiger partial charge in [0.25, 0.3) is 0 Å². The van der Waals surface area contributed by atoms with Gasteiger partial charge in [-0.1, -0.05) is 29.3 Å². The van der Waals surface area contributed by atoms with Gasteiger partial charge in [0.05, 0.1) is 7.11 Å². The number of aromatic nitrogens is 2. The minimum absolute atomic E-state index is 0.0711. The Morgan fingerprint density at radius 3 is 2.42 bits per heavy atom. The van der Waals surface area contributed by atoms with E-state index in [1.54, 1.807) is 7.11 Å². The van der Waals surface area contributed by atoms with Crippen molar-refractivity contribution in [1.29, 1.82) is 0 Å². The fourth-order valence-corrected chi connectivity index (χ4v) is 2.17. The molecule has 1 heterocycles. The van der Waals surface area contributed by atoms with E-state index >= 15 is 0 Å². The number of methoxy groups -OCH3 is 1. The van der Waals surface area contributed by atoms with E-state index < -0.39 is 0 Å². The molecule has 19 heavy (non-hydrogen) atoms. The van der Waals surface area contributed by atoms with E-state index in [4.69, 9.17) is 10.5 Å². The molecule has 0 radical (unpaired) electrons. The highest BCUT2D eigenvalue weighted by Crippen LogP contribution is 2.19. The predicted molar refractivity (Wildman–Crippen MR) is 75.1 cm³/mol. The van der Waals surface area contributed by atoms with Crippen molar-refractivity contribution in [2.24, 2.45) is 5.73 Å². The maximum atomic E-state index is 6.26. The SMILES string of the molecule is COc1cc(CC(N)c2cc(C)cc(C)c2)ncn1. The van der Waals surface area contributed by atoms with Gasteiger partial charge in [0, 0.05) is 24.2 Å². The van der Waals surface area contributed by atoms with Crippen molar-refractivity contribution < 1.29 is 4.74 Å². The average Bonchev–Trinajstić information content (AvgIpc) is 2.37. The van der Waals surface area contributed by atoms with Gasteiger partial charge >= 0.3 is 0 Å². The summed E-state index contributed by atoms with van der Waals surface area (Å²) in [6.07, 6.45) is 2.17. The molecule has 2 rings (SSSR count). The van der Waals surface area contributed by atoms with Crippen LogP contribution in [-0.4, -0.2) is 17.1 Å². The minimum Gasteiger partial charge on any atom is -0.481 e. The monoisotopic (exact) mass is 257 g/mol. The van der Waals surface area contributed by atoms with Gasteiger partial charge in [0.2, 0.25) is 5.88 Å². The first kappa shape index (κ1) is 13.5.